The molecule has 0 aliphatic carbocycles. The Hall–Kier alpha value is -3.13. The molecule has 0 amide bonds. The highest BCUT2D eigenvalue weighted by molar-refractivity contribution is 5.69. The quantitative estimate of drug-likeness (QED) is 0.712. The standard InChI is InChI=1S/C21H19F2N5O/c22-16-10-19-21(23)12(8-18(16)25-19)7-13-1-4-17(27-26-13)15-3-2-14(9-20(15)29)28-6-5-24-11-28/h1-7,9,11,16,18-19,21,25,29H,8,10H2/b12-7+/t16-,18?,19?,21-/m0/s1. The first-order valence-electron chi connectivity index (χ1n) is 9.48. The number of nitrogens with zero attached hydrogens (tertiary/aromatic N) is 4. The van der Waals surface area contributed by atoms with Gasteiger partial charge >= 0.3 is 0 Å². The fraction of sp³-hybridized carbons (Fsp3) is 0.286. The van der Waals surface area contributed by atoms with Gasteiger partial charge in [0.1, 0.15) is 18.1 Å². The van der Waals surface area contributed by atoms with Gasteiger partial charge in [0.15, 0.2) is 0 Å². The Balaban J connectivity index is 1.38. The number of halogens is 2. The monoisotopic (exact) mass is 395 g/mol. The molecule has 148 valence electrons. The molecule has 0 spiro atoms. The van der Waals surface area contributed by atoms with Gasteiger partial charge in [0.2, 0.25) is 0 Å². The van der Waals surface area contributed by atoms with Crippen LogP contribution in [0.1, 0.15) is 18.5 Å². The van der Waals surface area contributed by atoms with Crippen molar-refractivity contribution in [1.82, 2.24) is 25.1 Å². The largest absolute Gasteiger partial charge is 0.507 e. The van der Waals surface area contributed by atoms with Crippen molar-refractivity contribution in [3.05, 3.63) is 60.3 Å². The molecule has 2 aliphatic rings. The number of piperidine rings is 1. The molecule has 0 radical (unpaired) electrons. The van der Waals surface area contributed by atoms with E-state index in [-0.39, 0.29) is 18.2 Å². The van der Waals surface area contributed by atoms with Crippen molar-refractivity contribution in [2.75, 3.05) is 0 Å². The van der Waals surface area contributed by atoms with E-state index in [1.165, 1.54) is 0 Å². The molecular weight excluding hydrogens is 376 g/mol. The van der Waals surface area contributed by atoms with E-state index in [0.29, 0.717) is 28.9 Å². The summed E-state index contributed by atoms with van der Waals surface area (Å²) in [5.41, 5.74) is 2.89. The summed E-state index contributed by atoms with van der Waals surface area (Å²) in [4.78, 5) is 3.99. The molecule has 4 heterocycles. The van der Waals surface area contributed by atoms with E-state index in [4.69, 9.17) is 0 Å². The normalized spacial score (nSPS) is 27.4. The van der Waals surface area contributed by atoms with Crippen molar-refractivity contribution in [2.45, 2.75) is 37.3 Å². The smallest absolute Gasteiger partial charge is 0.137 e. The molecule has 2 bridgehead atoms. The van der Waals surface area contributed by atoms with E-state index in [0.717, 1.165) is 5.69 Å². The number of benzene rings is 1. The minimum atomic E-state index is -1.21. The molecule has 2 unspecified atom stereocenters. The summed E-state index contributed by atoms with van der Waals surface area (Å²) in [6.45, 7) is 0. The zero-order valence-corrected chi connectivity index (χ0v) is 15.4. The van der Waals surface area contributed by atoms with Crippen LogP contribution in [0.2, 0.25) is 0 Å². The van der Waals surface area contributed by atoms with Crippen LogP contribution in [0.15, 0.2) is 54.6 Å². The summed E-state index contributed by atoms with van der Waals surface area (Å²) in [5, 5.41) is 21.7. The Kier molecular flexibility index (Phi) is 4.35. The maximum atomic E-state index is 14.6. The maximum absolute atomic E-state index is 14.6. The van der Waals surface area contributed by atoms with Crippen molar-refractivity contribution in [1.29, 1.82) is 0 Å². The third-order valence-corrected chi connectivity index (χ3v) is 5.59. The van der Waals surface area contributed by atoms with Crippen LogP contribution in [0.5, 0.6) is 5.75 Å². The van der Waals surface area contributed by atoms with E-state index < -0.39 is 18.4 Å². The predicted molar refractivity (Wildman–Crippen MR) is 104 cm³/mol. The lowest BCUT2D eigenvalue weighted by molar-refractivity contribution is 0.265. The van der Waals surface area contributed by atoms with E-state index in [9.17, 15) is 13.9 Å². The van der Waals surface area contributed by atoms with Gasteiger partial charge in [-0.25, -0.2) is 13.8 Å². The van der Waals surface area contributed by atoms with Crippen LogP contribution >= 0.6 is 0 Å². The number of hydrogen-bond acceptors (Lipinski definition) is 5. The van der Waals surface area contributed by atoms with Crippen molar-refractivity contribution >= 4 is 6.08 Å². The van der Waals surface area contributed by atoms with Gasteiger partial charge in [-0.3, -0.25) is 0 Å². The van der Waals surface area contributed by atoms with Crippen molar-refractivity contribution in [3.63, 3.8) is 0 Å². The minimum absolute atomic E-state index is 0.0735. The number of phenolic OH excluding ortho intramolecular Hbond substituents is 1. The fourth-order valence-electron chi connectivity index (χ4n) is 4.07. The molecule has 3 aromatic rings. The van der Waals surface area contributed by atoms with E-state index >= 15 is 0 Å². The second-order valence-electron chi connectivity index (χ2n) is 7.47. The number of phenols is 1. The first-order chi connectivity index (χ1) is 14.1. The summed E-state index contributed by atoms with van der Waals surface area (Å²) >= 11 is 0. The Morgan fingerprint density at radius 2 is 2.03 bits per heavy atom. The molecular formula is C21H19F2N5O. The number of rotatable bonds is 3. The summed E-state index contributed by atoms with van der Waals surface area (Å²) in [6.07, 6.45) is 5.06. The van der Waals surface area contributed by atoms with Crippen molar-refractivity contribution < 1.29 is 13.9 Å². The molecule has 8 heteroatoms. The summed E-state index contributed by atoms with van der Waals surface area (Å²) in [7, 11) is 0. The zero-order chi connectivity index (χ0) is 20.0. The SMILES string of the molecule is Oc1cc(-n2ccnc2)ccc1-c1ccc(/C=C2\CC3NC(C[C@@H]3F)[C@H]2F)nn1. The zero-order valence-electron chi connectivity index (χ0n) is 15.4. The maximum Gasteiger partial charge on any atom is 0.137 e. The lowest BCUT2D eigenvalue weighted by atomic mass is 9.96. The van der Waals surface area contributed by atoms with Crippen LogP contribution in [-0.4, -0.2) is 49.3 Å². The lowest BCUT2D eigenvalue weighted by Crippen LogP contribution is -2.43. The highest BCUT2D eigenvalue weighted by atomic mass is 19.1. The Morgan fingerprint density at radius 3 is 2.76 bits per heavy atom. The van der Waals surface area contributed by atoms with Crippen molar-refractivity contribution in [2.24, 2.45) is 0 Å². The number of aromatic hydroxyl groups is 1. The molecule has 2 N–H and O–H groups in total. The Morgan fingerprint density at radius 1 is 1.14 bits per heavy atom. The highest BCUT2D eigenvalue weighted by Gasteiger charge is 2.44. The summed E-state index contributed by atoms with van der Waals surface area (Å²) < 4.78 is 30.2. The van der Waals surface area contributed by atoms with E-state index in [2.05, 4.69) is 20.5 Å². The molecule has 2 fully saturated rings. The van der Waals surface area contributed by atoms with Gasteiger partial charge < -0.3 is 15.0 Å². The fourth-order valence-corrected chi connectivity index (χ4v) is 4.07. The number of aromatic nitrogens is 4. The number of nitrogens with one attached hydrogen (secondary N) is 1. The van der Waals surface area contributed by atoms with E-state index in [1.807, 2.05) is 6.07 Å². The van der Waals surface area contributed by atoms with Gasteiger partial charge in [0.25, 0.3) is 0 Å². The number of alkyl halides is 2. The predicted octanol–water partition coefficient (Wildman–Crippen LogP) is 3.23. The van der Waals surface area contributed by atoms with Gasteiger partial charge in [-0.05, 0) is 48.8 Å². The first kappa shape index (κ1) is 17.9. The minimum Gasteiger partial charge on any atom is -0.507 e. The number of hydrogen-bond donors (Lipinski definition) is 2. The third kappa shape index (κ3) is 3.29. The molecule has 0 saturated carbocycles. The van der Waals surface area contributed by atoms with Gasteiger partial charge in [-0.1, -0.05) is 0 Å². The van der Waals surface area contributed by atoms with Crippen LogP contribution in [0.3, 0.4) is 0 Å². The molecule has 2 aromatic heterocycles. The number of fused-ring (bicyclic) bond motifs is 2. The second-order valence-corrected chi connectivity index (χ2v) is 7.47. The van der Waals surface area contributed by atoms with Crippen LogP contribution in [-0.2, 0) is 0 Å². The molecule has 2 saturated heterocycles. The molecule has 29 heavy (non-hydrogen) atoms. The summed E-state index contributed by atoms with van der Waals surface area (Å²) in [5.74, 6) is 0.0735. The highest BCUT2D eigenvalue weighted by Crippen LogP contribution is 2.35. The van der Waals surface area contributed by atoms with E-state index in [1.54, 1.807) is 53.6 Å². The van der Waals surface area contributed by atoms with Crippen molar-refractivity contribution in [3.8, 4) is 22.7 Å². The van der Waals surface area contributed by atoms with Crippen LogP contribution in [0.4, 0.5) is 8.78 Å². The van der Waals surface area contributed by atoms with Crippen LogP contribution < -0.4 is 5.32 Å². The molecule has 4 atom stereocenters. The average Bonchev–Trinajstić information content (AvgIpc) is 3.36. The lowest BCUT2D eigenvalue weighted by Gasteiger charge is -2.27. The van der Waals surface area contributed by atoms with Gasteiger partial charge in [0, 0.05) is 36.1 Å². The average molecular weight is 395 g/mol. The first-order valence-corrected chi connectivity index (χ1v) is 9.48. The Bertz CT molecular complexity index is 1050. The molecule has 2 aliphatic heterocycles. The third-order valence-electron chi connectivity index (χ3n) is 5.59. The van der Waals surface area contributed by atoms with Crippen LogP contribution in [0, 0.1) is 0 Å². The second kappa shape index (κ2) is 7.04. The molecule has 5 rings (SSSR count). The number of imidazole rings is 1. The van der Waals surface area contributed by atoms with Gasteiger partial charge in [-0.15, -0.1) is 5.10 Å². The Labute approximate surface area is 165 Å². The van der Waals surface area contributed by atoms with Gasteiger partial charge in [0.05, 0.1) is 23.4 Å². The van der Waals surface area contributed by atoms with Crippen LogP contribution in [0.25, 0.3) is 23.0 Å². The van der Waals surface area contributed by atoms with Gasteiger partial charge in [-0.2, -0.15) is 5.10 Å². The topological polar surface area (TPSA) is 75.9 Å². The molecule has 6 nitrogen and oxygen atoms in total. The summed E-state index contributed by atoms with van der Waals surface area (Å²) in [6, 6.07) is 7.90. The molecule has 1 aromatic carbocycles.